The molecule has 11 nitrogen and oxygen atoms in total. The molecule has 0 spiro atoms. The summed E-state index contributed by atoms with van der Waals surface area (Å²) in [6, 6.07) is 11.2. The summed E-state index contributed by atoms with van der Waals surface area (Å²) >= 11 is 0.403. The second-order valence-electron chi connectivity index (χ2n) is 6.26. The fourth-order valence-corrected chi connectivity index (χ4v) is 4.75. The minimum Gasteiger partial charge on any atom is -0.399 e. The van der Waals surface area contributed by atoms with Crippen LogP contribution in [0.2, 0.25) is 0 Å². The van der Waals surface area contributed by atoms with Gasteiger partial charge in [-0.3, -0.25) is 9.11 Å². The van der Waals surface area contributed by atoms with Crippen molar-refractivity contribution in [2.75, 3.05) is 11.1 Å². The van der Waals surface area contributed by atoms with E-state index in [4.69, 9.17) is 11.0 Å². The second kappa shape index (κ2) is 8.97. The molecule has 0 amide bonds. The van der Waals surface area contributed by atoms with Crippen LogP contribution in [-0.2, 0) is 36.2 Å². The van der Waals surface area contributed by atoms with E-state index >= 15 is 0 Å². The van der Waals surface area contributed by atoms with Crippen molar-refractivity contribution in [3.63, 3.8) is 0 Å². The van der Waals surface area contributed by atoms with E-state index in [-0.39, 0.29) is 27.9 Å². The SMILES string of the molecule is Nc1cccc(CNc2cc(S(=O)(=O)O)cc3cc(SOOO)cc(S(=O)(=O)O)c23)c1. The van der Waals surface area contributed by atoms with Gasteiger partial charge in [-0.1, -0.05) is 17.2 Å². The molecule has 0 aliphatic heterocycles. The molecule has 6 N–H and O–H groups in total. The summed E-state index contributed by atoms with van der Waals surface area (Å²) in [5.74, 6) is 0. The molecule has 0 aromatic heterocycles. The number of nitrogen functional groups attached to an aromatic ring is 1. The van der Waals surface area contributed by atoms with Gasteiger partial charge in [0.05, 0.1) is 16.9 Å². The molecule has 0 radical (unpaired) electrons. The highest BCUT2D eigenvalue weighted by atomic mass is 32.2. The molecule has 14 heteroatoms. The summed E-state index contributed by atoms with van der Waals surface area (Å²) in [5, 5.41) is 14.7. The van der Waals surface area contributed by atoms with Gasteiger partial charge in [-0.2, -0.15) is 16.8 Å². The van der Waals surface area contributed by atoms with Crippen LogP contribution in [-0.4, -0.2) is 31.2 Å². The van der Waals surface area contributed by atoms with Crippen LogP contribution < -0.4 is 11.1 Å². The second-order valence-corrected chi connectivity index (χ2v) is 9.85. The third-order valence-electron chi connectivity index (χ3n) is 4.13. The van der Waals surface area contributed by atoms with Gasteiger partial charge in [-0.25, -0.2) is 5.26 Å². The van der Waals surface area contributed by atoms with Gasteiger partial charge in [-0.05, 0) is 47.3 Å². The number of anilines is 2. The lowest BCUT2D eigenvalue weighted by Gasteiger charge is -2.15. The van der Waals surface area contributed by atoms with Crippen molar-refractivity contribution in [1.82, 2.24) is 0 Å². The van der Waals surface area contributed by atoms with Crippen LogP contribution in [0.25, 0.3) is 10.8 Å². The number of hydrogen-bond donors (Lipinski definition) is 5. The summed E-state index contributed by atoms with van der Waals surface area (Å²) in [6.07, 6.45) is 0. The molecule has 3 rings (SSSR count). The molecule has 0 bridgehead atoms. The lowest BCUT2D eigenvalue weighted by molar-refractivity contribution is -0.432. The first kappa shape index (κ1) is 23.2. The maximum Gasteiger partial charge on any atom is 0.295 e. The monoisotopic (exact) mass is 488 g/mol. The van der Waals surface area contributed by atoms with Crippen molar-refractivity contribution < 1.29 is 40.6 Å². The first-order chi connectivity index (χ1) is 14.5. The normalized spacial score (nSPS) is 12.2. The van der Waals surface area contributed by atoms with E-state index in [0.29, 0.717) is 23.3 Å². The Morgan fingerprint density at radius 1 is 1.00 bits per heavy atom. The quantitative estimate of drug-likeness (QED) is 0.103. The fourth-order valence-electron chi connectivity index (χ4n) is 2.92. The Kier molecular flexibility index (Phi) is 6.73. The van der Waals surface area contributed by atoms with Crippen LogP contribution in [0.5, 0.6) is 0 Å². The predicted molar refractivity (Wildman–Crippen MR) is 112 cm³/mol. The summed E-state index contributed by atoms with van der Waals surface area (Å²) in [5.41, 5.74) is 6.95. The fraction of sp³-hybridized carbons (Fsp3) is 0.0588. The third kappa shape index (κ3) is 5.63. The molecule has 0 heterocycles. The topological polar surface area (TPSA) is 185 Å². The standard InChI is InChI=1S/C17H16N2O9S3/c18-12-3-1-2-10(4-12)9-19-15-8-14(30(21,22)23)6-11-5-13(29-28-27-20)7-16(17(11)15)31(24,25)26/h1-8,19-20H,9,18H2,(H,21,22,23)(H,24,25,26). The van der Waals surface area contributed by atoms with Crippen LogP contribution in [0.4, 0.5) is 11.4 Å². The van der Waals surface area contributed by atoms with Crippen molar-refractivity contribution in [3.05, 3.63) is 54.1 Å². The molecular weight excluding hydrogens is 472 g/mol. The zero-order valence-electron chi connectivity index (χ0n) is 15.4. The molecule has 0 saturated heterocycles. The molecule has 3 aromatic carbocycles. The van der Waals surface area contributed by atoms with Gasteiger partial charge < -0.3 is 11.1 Å². The predicted octanol–water partition coefficient (Wildman–Crippen LogP) is 2.96. The largest absolute Gasteiger partial charge is 0.399 e. The van der Waals surface area contributed by atoms with Crippen LogP contribution in [0.15, 0.2) is 63.2 Å². The van der Waals surface area contributed by atoms with Crippen molar-refractivity contribution >= 4 is 54.4 Å². The van der Waals surface area contributed by atoms with Gasteiger partial charge in [0.1, 0.15) is 4.90 Å². The number of rotatable bonds is 8. The molecule has 0 unspecified atom stereocenters. The lowest BCUT2D eigenvalue weighted by atomic mass is 10.1. The zero-order chi connectivity index (χ0) is 22.8. The smallest absolute Gasteiger partial charge is 0.295 e. The first-order valence-corrected chi connectivity index (χ1v) is 11.9. The Morgan fingerprint density at radius 2 is 1.74 bits per heavy atom. The van der Waals surface area contributed by atoms with Gasteiger partial charge >= 0.3 is 0 Å². The Bertz CT molecular complexity index is 1340. The van der Waals surface area contributed by atoms with E-state index in [0.717, 1.165) is 18.2 Å². The molecule has 0 aliphatic carbocycles. The van der Waals surface area contributed by atoms with Crippen molar-refractivity contribution in [3.8, 4) is 0 Å². The molecule has 0 atom stereocenters. The number of fused-ring (bicyclic) bond motifs is 1. The molecule has 31 heavy (non-hydrogen) atoms. The highest BCUT2D eigenvalue weighted by molar-refractivity contribution is 7.94. The van der Waals surface area contributed by atoms with Gasteiger partial charge in [0.2, 0.25) is 0 Å². The maximum absolute atomic E-state index is 12.0. The van der Waals surface area contributed by atoms with Crippen LogP contribution in [0.3, 0.4) is 0 Å². The molecule has 166 valence electrons. The summed E-state index contributed by atoms with van der Waals surface area (Å²) in [7, 11) is -9.44. The molecule has 0 saturated carbocycles. The summed E-state index contributed by atoms with van der Waals surface area (Å²) < 4.78 is 71.1. The van der Waals surface area contributed by atoms with Gasteiger partial charge in [0.15, 0.2) is 0 Å². The number of nitrogens with one attached hydrogen (secondary N) is 1. The van der Waals surface area contributed by atoms with Crippen molar-refractivity contribution in [2.24, 2.45) is 0 Å². The summed E-state index contributed by atoms with van der Waals surface area (Å²) in [6.45, 7) is 0.123. The lowest BCUT2D eigenvalue weighted by Crippen LogP contribution is -2.07. The van der Waals surface area contributed by atoms with Crippen molar-refractivity contribution in [2.45, 2.75) is 21.2 Å². The minimum atomic E-state index is -4.78. The molecular formula is C17H16N2O9S3. The van der Waals surface area contributed by atoms with Gasteiger partial charge in [0, 0.05) is 28.2 Å². The average Bonchev–Trinajstić information content (AvgIpc) is 2.68. The number of hydrogen-bond acceptors (Lipinski definition) is 10. The van der Waals surface area contributed by atoms with Gasteiger partial charge in [0.25, 0.3) is 20.2 Å². The molecule has 3 aromatic rings. The Hall–Kier alpha value is -2.43. The highest BCUT2D eigenvalue weighted by Crippen LogP contribution is 2.37. The Labute approximate surface area is 181 Å². The number of benzene rings is 3. The first-order valence-electron chi connectivity index (χ1n) is 8.29. The van der Waals surface area contributed by atoms with E-state index in [9.17, 15) is 25.9 Å². The van der Waals surface area contributed by atoms with E-state index < -0.39 is 30.0 Å². The zero-order valence-corrected chi connectivity index (χ0v) is 17.9. The van der Waals surface area contributed by atoms with E-state index in [1.165, 1.54) is 6.07 Å². The van der Waals surface area contributed by atoms with Crippen LogP contribution >= 0.6 is 12.0 Å². The van der Waals surface area contributed by atoms with Crippen molar-refractivity contribution in [1.29, 1.82) is 0 Å². The highest BCUT2D eigenvalue weighted by Gasteiger charge is 2.22. The maximum atomic E-state index is 12.0. The van der Waals surface area contributed by atoms with Gasteiger partial charge in [-0.15, -0.1) is 4.33 Å². The van der Waals surface area contributed by atoms with E-state index in [2.05, 4.69) is 14.7 Å². The minimum absolute atomic E-state index is 0.0102. The van der Waals surface area contributed by atoms with Crippen LogP contribution in [0.1, 0.15) is 5.56 Å². The van der Waals surface area contributed by atoms with E-state index in [1.807, 2.05) is 0 Å². The molecule has 0 fully saturated rings. The van der Waals surface area contributed by atoms with E-state index in [1.54, 1.807) is 24.3 Å². The Balaban J connectivity index is 2.24. The average molecular weight is 489 g/mol. The van der Waals surface area contributed by atoms with Crippen LogP contribution in [0, 0.1) is 0 Å². The summed E-state index contributed by atoms with van der Waals surface area (Å²) in [4.78, 5) is -1.03. The number of nitrogens with two attached hydrogens (primary N) is 1. The third-order valence-corrected chi connectivity index (χ3v) is 6.40. The Morgan fingerprint density at radius 3 is 2.35 bits per heavy atom. The molecule has 0 aliphatic rings.